The highest BCUT2D eigenvalue weighted by Gasteiger charge is 2.44. The van der Waals surface area contributed by atoms with Crippen molar-refractivity contribution < 1.29 is 18.3 Å². The number of rotatable bonds is 7. The second-order valence-corrected chi connectivity index (χ2v) is 10.1. The first-order valence-corrected chi connectivity index (χ1v) is 11.9. The van der Waals surface area contributed by atoms with Crippen LogP contribution >= 0.6 is 0 Å². The monoisotopic (exact) mass is 432 g/mol. The van der Waals surface area contributed by atoms with Crippen LogP contribution in [-0.4, -0.2) is 42.5 Å². The largest absolute Gasteiger partial charge is 0.361 e. The highest BCUT2D eigenvalue weighted by molar-refractivity contribution is 7.91. The van der Waals surface area contributed by atoms with Crippen molar-refractivity contribution in [2.24, 2.45) is 5.92 Å². The SMILES string of the molecule is CCCC(=O)NS(=O)(=O)C(C)(O)N1CC=C(c2ccc(C#CCC(C)C)cc2)CC1. The molecule has 0 saturated heterocycles. The van der Waals surface area contributed by atoms with Crippen molar-refractivity contribution in [2.75, 3.05) is 13.1 Å². The summed E-state index contributed by atoms with van der Waals surface area (Å²) in [6.45, 7) is 7.89. The van der Waals surface area contributed by atoms with E-state index in [0.29, 0.717) is 25.3 Å². The molecule has 0 bridgehead atoms. The molecule has 0 aliphatic carbocycles. The van der Waals surface area contributed by atoms with E-state index in [-0.39, 0.29) is 13.0 Å². The van der Waals surface area contributed by atoms with Gasteiger partial charge in [0.25, 0.3) is 10.0 Å². The maximum atomic E-state index is 12.5. The molecular weight excluding hydrogens is 400 g/mol. The predicted molar refractivity (Wildman–Crippen MR) is 120 cm³/mol. The van der Waals surface area contributed by atoms with E-state index >= 15 is 0 Å². The Bertz CT molecular complexity index is 936. The molecule has 1 unspecified atom stereocenters. The zero-order chi connectivity index (χ0) is 22.4. The van der Waals surface area contributed by atoms with Crippen LogP contribution in [0.2, 0.25) is 0 Å². The Balaban J connectivity index is 2.06. The zero-order valence-electron chi connectivity index (χ0n) is 18.2. The summed E-state index contributed by atoms with van der Waals surface area (Å²) in [5.74, 6) is 6.27. The molecule has 1 aromatic rings. The van der Waals surface area contributed by atoms with Gasteiger partial charge in [-0.15, -0.1) is 0 Å². The molecule has 164 valence electrons. The van der Waals surface area contributed by atoms with Crippen LogP contribution in [0.25, 0.3) is 5.57 Å². The topological polar surface area (TPSA) is 86.7 Å². The molecule has 1 heterocycles. The Kier molecular flexibility index (Phi) is 8.25. The summed E-state index contributed by atoms with van der Waals surface area (Å²) in [5.41, 5.74) is 3.12. The Hall–Kier alpha value is -2.14. The number of benzene rings is 1. The lowest BCUT2D eigenvalue weighted by molar-refractivity contribution is -0.119. The summed E-state index contributed by atoms with van der Waals surface area (Å²) in [7, 11) is -4.25. The third kappa shape index (κ3) is 6.18. The van der Waals surface area contributed by atoms with Gasteiger partial charge < -0.3 is 5.11 Å². The van der Waals surface area contributed by atoms with Gasteiger partial charge in [0.2, 0.25) is 11.0 Å². The molecule has 1 amide bonds. The lowest BCUT2D eigenvalue weighted by Gasteiger charge is -2.37. The van der Waals surface area contributed by atoms with Gasteiger partial charge in [0.1, 0.15) is 0 Å². The normalized spacial score (nSPS) is 16.9. The number of sulfonamides is 1. The van der Waals surface area contributed by atoms with Crippen molar-refractivity contribution in [1.82, 2.24) is 9.62 Å². The number of nitrogens with zero attached hydrogens (tertiary/aromatic N) is 1. The van der Waals surface area contributed by atoms with Crippen molar-refractivity contribution in [3.05, 3.63) is 41.5 Å². The van der Waals surface area contributed by atoms with E-state index in [1.54, 1.807) is 6.92 Å². The van der Waals surface area contributed by atoms with Crippen LogP contribution in [-0.2, 0) is 14.8 Å². The van der Waals surface area contributed by atoms with Crippen LogP contribution < -0.4 is 4.72 Å². The van der Waals surface area contributed by atoms with E-state index in [2.05, 4.69) is 25.7 Å². The summed E-state index contributed by atoms with van der Waals surface area (Å²) in [6.07, 6.45) is 4.00. The van der Waals surface area contributed by atoms with Crippen molar-refractivity contribution in [3.8, 4) is 11.8 Å². The molecule has 2 rings (SSSR count). The fourth-order valence-electron chi connectivity index (χ4n) is 3.13. The highest BCUT2D eigenvalue weighted by Crippen LogP contribution is 2.28. The second-order valence-electron chi connectivity index (χ2n) is 8.12. The number of carbonyl (C=O) groups is 1. The lowest BCUT2D eigenvalue weighted by Crippen LogP contribution is -2.58. The van der Waals surface area contributed by atoms with Crippen LogP contribution in [0.5, 0.6) is 0 Å². The number of carbonyl (C=O) groups excluding carboxylic acids is 1. The number of hydrogen-bond donors (Lipinski definition) is 2. The highest BCUT2D eigenvalue weighted by atomic mass is 32.2. The van der Waals surface area contributed by atoms with Gasteiger partial charge in [-0.05, 0) is 49.0 Å². The molecule has 1 aromatic carbocycles. The first-order valence-electron chi connectivity index (χ1n) is 10.4. The molecule has 2 N–H and O–H groups in total. The van der Waals surface area contributed by atoms with Crippen molar-refractivity contribution in [1.29, 1.82) is 0 Å². The number of amides is 1. The van der Waals surface area contributed by atoms with E-state index in [1.165, 1.54) is 11.8 Å². The minimum Gasteiger partial charge on any atom is -0.361 e. The summed E-state index contributed by atoms with van der Waals surface area (Å²) < 4.78 is 27.0. The minimum atomic E-state index is -4.25. The molecule has 6 nitrogen and oxygen atoms in total. The average Bonchev–Trinajstić information content (AvgIpc) is 2.68. The van der Waals surface area contributed by atoms with Gasteiger partial charge in [-0.2, -0.15) is 0 Å². The molecule has 7 heteroatoms. The van der Waals surface area contributed by atoms with E-state index in [1.807, 2.05) is 35.1 Å². The Labute approximate surface area is 180 Å². The Morgan fingerprint density at radius 3 is 2.50 bits per heavy atom. The number of hydrogen-bond acceptors (Lipinski definition) is 5. The summed E-state index contributed by atoms with van der Waals surface area (Å²) in [4.78, 5) is 13.2. The summed E-state index contributed by atoms with van der Waals surface area (Å²) in [5, 5.41) is 8.51. The van der Waals surface area contributed by atoms with Crippen LogP contribution in [0.15, 0.2) is 30.3 Å². The molecule has 30 heavy (non-hydrogen) atoms. The maximum absolute atomic E-state index is 12.5. The maximum Gasteiger partial charge on any atom is 0.279 e. The Morgan fingerprint density at radius 1 is 1.30 bits per heavy atom. The first kappa shape index (κ1) is 24.1. The van der Waals surface area contributed by atoms with Crippen LogP contribution in [0.1, 0.15) is 64.5 Å². The molecule has 0 radical (unpaired) electrons. The predicted octanol–water partition coefficient (Wildman–Crippen LogP) is 3.09. The van der Waals surface area contributed by atoms with E-state index in [0.717, 1.165) is 23.1 Å². The van der Waals surface area contributed by atoms with Crippen LogP contribution in [0.3, 0.4) is 0 Å². The molecule has 0 saturated carbocycles. The summed E-state index contributed by atoms with van der Waals surface area (Å²) >= 11 is 0. The second kappa shape index (κ2) is 10.3. The van der Waals surface area contributed by atoms with Gasteiger partial charge in [-0.3, -0.25) is 9.69 Å². The quantitative estimate of drug-likeness (QED) is 0.647. The summed E-state index contributed by atoms with van der Waals surface area (Å²) in [6, 6.07) is 8.00. The van der Waals surface area contributed by atoms with Crippen LogP contribution in [0.4, 0.5) is 0 Å². The fourth-order valence-corrected chi connectivity index (χ4v) is 4.23. The molecule has 1 atom stereocenters. The molecule has 1 aliphatic heterocycles. The molecular formula is C23H32N2O4S. The first-order chi connectivity index (χ1) is 14.1. The van der Waals surface area contributed by atoms with E-state index in [9.17, 15) is 18.3 Å². The van der Waals surface area contributed by atoms with Gasteiger partial charge in [0.05, 0.1) is 0 Å². The third-order valence-electron chi connectivity index (χ3n) is 5.03. The van der Waals surface area contributed by atoms with Crippen LogP contribution in [0, 0.1) is 17.8 Å². The zero-order valence-corrected chi connectivity index (χ0v) is 19.1. The smallest absolute Gasteiger partial charge is 0.279 e. The van der Waals surface area contributed by atoms with E-state index < -0.39 is 21.0 Å². The molecule has 1 aliphatic rings. The standard InChI is InChI=1S/C23H32N2O4S/c1-5-7-22(26)24-30(28,29)23(4,27)25-16-14-21(15-17-25)20-12-10-19(11-13-20)9-6-8-18(2)3/h10-14,18,27H,5,7-8,15-17H2,1-4H3,(H,24,26). The van der Waals surface area contributed by atoms with Crippen molar-refractivity contribution in [2.45, 2.75) is 58.4 Å². The van der Waals surface area contributed by atoms with Gasteiger partial charge in [0, 0.05) is 31.5 Å². The van der Waals surface area contributed by atoms with Crippen molar-refractivity contribution >= 4 is 21.5 Å². The van der Waals surface area contributed by atoms with Crippen molar-refractivity contribution in [3.63, 3.8) is 0 Å². The van der Waals surface area contributed by atoms with Gasteiger partial charge in [-0.1, -0.05) is 50.8 Å². The molecule has 0 spiro atoms. The van der Waals surface area contributed by atoms with E-state index in [4.69, 9.17) is 0 Å². The molecule has 0 aromatic heterocycles. The number of aliphatic hydroxyl groups is 1. The number of nitrogens with one attached hydrogen (secondary N) is 1. The third-order valence-corrected chi connectivity index (χ3v) is 6.80. The van der Waals surface area contributed by atoms with Gasteiger partial charge in [0.15, 0.2) is 0 Å². The lowest BCUT2D eigenvalue weighted by atomic mass is 9.98. The average molecular weight is 433 g/mol. The minimum absolute atomic E-state index is 0.0944. The van der Waals surface area contributed by atoms with Gasteiger partial charge in [-0.25, -0.2) is 13.1 Å². The molecule has 0 fully saturated rings. The Morgan fingerprint density at radius 2 is 1.97 bits per heavy atom. The fraction of sp³-hybridized carbons (Fsp3) is 0.522. The van der Waals surface area contributed by atoms with Gasteiger partial charge >= 0.3 is 0 Å².